The van der Waals surface area contributed by atoms with Crippen LogP contribution in [0.2, 0.25) is 5.02 Å². The SMILES string of the molecule is O=c1c2ccccc2nc(-c2cc3ccccc3o2)n1N=Cc1cc(Cl)c(Oc2ccc([N+](=O)[O-])cn2)c([N+](=O)[O-])c1. The summed E-state index contributed by atoms with van der Waals surface area (Å²) in [6.45, 7) is 0. The number of halogens is 1. The first kappa shape index (κ1) is 26.3. The van der Waals surface area contributed by atoms with E-state index in [1.807, 2.05) is 18.2 Å². The highest BCUT2D eigenvalue weighted by atomic mass is 35.5. The Balaban J connectivity index is 1.43. The smallest absolute Gasteiger partial charge is 0.313 e. The van der Waals surface area contributed by atoms with E-state index in [4.69, 9.17) is 20.8 Å². The van der Waals surface area contributed by atoms with Crippen LogP contribution in [-0.2, 0) is 0 Å². The van der Waals surface area contributed by atoms with Gasteiger partial charge in [0.15, 0.2) is 5.76 Å². The fourth-order valence-electron chi connectivity index (χ4n) is 4.16. The molecule has 13 nitrogen and oxygen atoms in total. The monoisotopic (exact) mass is 582 g/mol. The number of nitro benzene ring substituents is 1. The molecule has 6 rings (SSSR count). The van der Waals surface area contributed by atoms with Gasteiger partial charge in [0.05, 0.1) is 32.0 Å². The molecule has 206 valence electrons. The molecule has 0 aliphatic carbocycles. The van der Waals surface area contributed by atoms with E-state index in [2.05, 4.69) is 15.1 Å². The quantitative estimate of drug-likeness (QED) is 0.118. The molecule has 0 amide bonds. The topological polar surface area (TPSA) is 169 Å². The molecule has 0 N–H and O–H groups in total. The number of fused-ring (bicyclic) bond motifs is 2. The number of aromatic nitrogens is 3. The number of hydrogen-bond acceptors (Lipinski definition) is 10. The minimum atomic E-state index is -0.715. The predicted molar refractivity (Wildman–Crippen MR) is 153 cm³/mol. The molecule has 0 bridgehead atoms. The van der Waals surface area contributed by atoms with Gasteiger partial charge in [-0.15, -0.1) is 0 Å². The summed E-state index contributed by atoms with van der Waals surface area (Å²) in [7, 11) is 0. The summed E-state index contributed by atoms with van der Waals surface area (Å²) >= 11 is 6.35. The molecule has 3 aromatic heterocycles. The van der Waals surface area contributed by atoms with Crippen molar-refractivity contribution in [3.63, 3.8) is 0 Å². The molecule has 3 aromatic carbocycles. The first-order valence-electron chi connectivity index (χ1n) is 12.1. The van der Waals surface area contributed by atoms with Crippen molar-refractivity contribution in [1.82, 2.24) is 14.6 Å². The van der Waals surface area contributed by atoms with Crippen molar-refractivity contribution in [2.75, 3.05) is 0 Å². The molecule has 0 saturated carbocycles. The van der Waals surface area contributed by atoms with Crippen LogP contribution in [0.25, 0.3) is 33.5 Å². The molecule has 3 heterocycles. The van der Waals surface area contributed by atoms with E-state index in [0.717, 1.165) is 28.4 Å². The van der Waals surface area contributed by atoms with Crippen molar-refractivity contribution in [3.05, 3.63) is 126 Å². The summed E-state index contributed by atoms with van der Waals surface area (Å²) in [6.07, 6.45) is 2.17. The Hall–Kier alpha value is -5.95. The van der Waals surface area contributed by atoms with Crippen LogP contribution in [0.3, 0.4) is 0 Å². The van der Waals surface area contributed by atoms with Crippen molar-refractivity contribution in [2.45, 2.75) is 0 Å². The number of nitrogens with zero attached hydrogens (tertiary/aromatic N) is 6. The van der Waals surface area contributed by atoms with Gasteiger partial charge in [-0.1, -0.05) is 41.9 Å². The first-order valence-corrected chi connectivity index (χ1v) is 12.5. The zero-order valence-electron chi connectivity index (χ0n) is 21.1. The second-order valence-corrected chi connectivity index (χ2v) is 9.19. The molecule has 0 saturated heterocycles. The van der Waals surface area contributed by atoms with E-state index < -0.39 is 21.1 Å². The fourth-order valence-corrected chi connectivity index (χ4v) is 4.42. The summed E-state index contributed by atoms with van der Waals surface area (Å²) in [5.41, 5.74) is -0.0978. The van der Waals surface area contributed by atoms with E-state index >= 15 is 0 Å². The van der Waals surface area contributed by atoms with E-state index in [1.165, 1.54) is 18.3 Å². The van der Waals surface area contributed by atoms with Gasteiger partial charge in [-0.25, -0.2) is 9.97 Å². The zero-order valence-corrected chi connectivity index (χ0v) is 21.8. The second-order valence-electron chi connectivity index (χ2n) is 8.78. The van der Waals surface area contributed by atoms with Crippen LogP contribution in [0.1, 0.15) is 5.56 Å². The minimum Gasteiger partial charge on any atom is -0.453 e. The first-order chi connectivity index (χ1) is 20.3. The number of ether oxygens (including phenoxy) is 1. The molecular formula is C28H15ClN6O7. The van der Waals surface area contributed by atoms with Gasteiger partial charge in [0, 0.05) is 29.1 Å². The highest BCUT2D eigenvalue weighted by Crippen LogP contribution is 2.38. The molecule has 0 atom stereocenters. The van der Waals surface area contributed by atoms with Gasteiger partial charge in [-0.3, -0.25) is 25.0 Å². The number of hydrogen-bond donors (Lipinski definition) is 0. The summed E-state index contributed by atoms with van der Waals surface area (Å²) in [5.74, 6) is -0.0561. The Kier molecular flexibility index (Phi) is 6.60. The van der Waals surface area contributed by atoms with E-state index in [0.29, 0.717) is 22.2 Å². The lowest BCUT2D eigenvalue weighted by atomic mass is 10.2. The van der Waals surface area contributed by atoms with Crippen molar-refractivity contribution in [2.24, 2.45) is 5.10 Å². The zero-order chi connectivity index (χ0) is 29.4. The molecule has 6 aromatic rings. The number of furan rings is 1. The Morgan fingerprint density at radius 2 is 1.76 bits per heavy atom. The highest BCUT2D eigenvalue weighted by molar-refractivity contribution is 6.32. The van der Waals surface area contributed by atoms with E-state index in [1.54, 1.807) is 36.4 Å². The van der Waals surface area contributed by atoms with Crippen LogP contribution < -0.4 is 10.3 Å². The average molecular weight is 583 g/mol. The van der Waals surface area contributed by atoms with Crippen molar-refractivity contribution in [1.29, 1.82) is 0 Å². The lowest BCUT2D eigenvalue weighted by Crippen LogP contribution is -2.20. The van der Waals surface area contributed by atoms with Crippen LogP contribution in [0.15, 0.2) is 99.4 Å². The van der Waals surface area contributed by atoms with Crippen LogP contribution in [0.4, 0.5) is 11.4 Å². The Morgan fingerprint density at radius 1 is 0.976 bits per heavy atom. The number of pyridine rings is 1. The minimum absolute atomic E-state index is 0.121. The summed E-state index contributed by atoms with van der Waals surface area (Å²) in [5, 5.41) is 28.0. The van der Waals surface area contributed by atoms with E-state index in [9.17, 15) is 25.0 Å². The molecular weight excluding hydrogens is 568 g/mol. The standard InChI is InChI=1S/C28H15ClN6O7/c29-20-11-16(12-22(35(39)40)26(20)42-25-10-9-18(15-30-25)34(37)38)14-31-33-27(24-13-17-5-1-4-8-23(17)41-24)32-21-7-3-2-6-19(21)28(33)36/h1-15H. The van der Waals surface area contributed by atoms with Crippen molar-refractivity contribution < 1.29 is 19.0 Å². The third kappa shape index (κ3) is 4.91. The highest BCUT2D eigenvalue weighted by Gasteiger charge is 2.22. The molecule has 0 aliphatic rings. The summed E-state index contributed by atoms with van der Waals surface area (Å²) in [6, 6.07) is 20.6. The fraction of sp³-hybridized carbons (Fsp3) is 0. The van der Waals surface area contributed by atoms with E-state index in [-0.39, 0.29) is 33.7 Å². The molecule has 0 aliphatic heterocycles. The van der Waals surface area contributed by atoms with Gasteiger partial charge < -0.3 is 9.15 Å². The van der Waals surface area contributed by atoms with Gasteiger partial charge in [0.25, 0.3) is 11.2 Å². The van der Waals surface area contributed by atoms with Crippen LogP contribution >= 0.6 is 11.6 Å². The Morgan fingerprint density at radius 3 is 2.50 bits per heavy atom. The third-order valence-corrected chi connectivity index (χ3v) is 6.38. The molecule has 0 spiro atoms. The normalized spacial score (nSPS) is 11.4. The predicted octanol–water partition coefficient (Wildman–Crippen LogP) is 6.35. The van der Waals surface area contributed by atoms with Gasteiger partial charge in [-0.05, 0) is 30.3 Å². The maximum atomic E-state index is 13.5. The molecule has 42 heavy (non-hydrogen) atoms. The van der Waals surface area contributed by atoms with Crippen LogP contribution in [0.5, 0.6) is 11.6 Å². The molecule has 0 radical (unpaired) electrons. The van der Waals surface area contributed by atoms with Gasteiger partial charge >= 0.3 is 5.69 Å². The van der Waals surface area contributed by atoms with Crippen molar-refractivity contribution >= 4 is 51.1 Å². The van der Waals surface area contributed by atoms with Crippen LogP contribution in [-0.4, -0.2) is 30.7 Å². The molecule has 0 fully saturated rings. The number of benzene rings is 3. The molecule has 14 heteroatoms. The summed E-state index contributed by atoms with van der Waals surface area (Å²) in [4.78, 5) is 43.3. The second kappa shape index (κ2) is 10.6. The van der Waals surface area contributed by atoms with Gasteiger partial charge in [0.2, 0.25) is 17.5 Å². The maximum Gasteiger partial charge on any atom is 0.313 e. The number of para-hydroxylation sites is 2. The van der Waals surface area contributed by atoms with Crippen molar-refractivity contribution in [3.8, 4) is 23.2 Å². The number of nitro groups is 2. The number of rotatable bonds is 7. The Labute approximate surface area is 239 Å². The maximum absolute atomic E-state index is 13.5. The van der Waals surface area contributed by atoms with Gasteiger partial charge in [-0.2, -0.15) is 9.78 Å². The summed E-state index contributed by atoms with van der Waals surface area (Å²) < 4.78 is 12.5. The largest absolute Gasteiger partial charge is 0.453 e. The average Bonchev–Trinajstić information content (AvgIpc) is 3.42. The van der Waals surface area contributed by atoms with Crippen LogP contribution in [0, 0.1) is 20.2 Å². The Bertz CT molecular complexity index is 2090. The molecule has 0 unspecified atom stereocenters. The van der Waals surface area contributed by atoms with Gasteiger partial charge in [0.1, 0.15) is 11.8 Å². The lowest BCUT2D eigenvalue weighted by Gasteiger charge is -2.09. The third-order valence-electron chi connectivity index (χ3n) is 6.10. The lowest BCUT2D eigenvalue weighted by molar-refractivity contribution is -0.385.